The Morgan fingerprint density at radius 3 is 2.68 bits per heavy atom. The monoisotopic (exact) mass is 271 g/mol. The third-order valence-corrected chi connectivity index (χ3v) is 3.25. The van der Waals surface area contributed by atoms with Gasteiger partial charge in [0.25, 0.3) is 0 Å². The van der Waals surface area contributed by atoms with Crippen molar-refractivity contribution >= 4 is 12.0 Å². The first-order valence-corrected chi connectivity index (χ1v) is 6.90. The first kappa shape index (κ1) is 16.0. The number of imide groups is 1. The molecule has 1 N–H and O–H groups in total. The molecule has 1 rings (SSSR count). The first-order valence-electron chi connectivity index (χ1n) is 6.90. The van der Waals surface area contributed by atoms with Crippen LogP contribution < -0.4 is 0 Å². The standard InChI is InChI=1S/C14H25NO4/c1-10(9-16)5-6-11-7-8-15(12(11)17)13(18)19-14(2,3)4/h10-11,16H,5-9H2,1-4H3. The van der Waals surface area contributed by atoms with E-state index in [0.717, 1.165) is 12.8 Å². The average molecular weight is 271 g/mol. The van der Waals surface area contributed by atoms with Gasteiger partial charge in [-0.2, -0.15) is 0 Å². The molecule has 0 aromatic rings. The van der Waals surface area contributed by atoms with Gasteiger partial charge in [0.05, 0.1) is 0 Å². The number of amides is 2. The number of rotatable bonds is 4. The van der Waals surface area contributed by atoms with Crippen molar-refractivity contribution in [2.45, 2.75) is 52.6 Å². The molecule has 0 spiro atoms. The van der Waals surface area contributed by atoms with Crippen molar-refractivity contribution in [2.24, 2.45) is 11.8 Å². The Labute approximate surface area is 114 Å². The zero-order valence-electron chi connectivity index (χ0n) is 12.3. The molecule has 0 aromatic heterocycles. The SMILES string of the molecule is CC(CO)CCC1CCN(C(=O)OC(C)(C)C)C1=O. The van der Waals surface area contributed by atoms with E-state index < -0.39 is 11.7 Å². The molecule has 0 saturated carbocycles. The van der Waals surface area contributed by atoms with Gasteiger partial charge in [-0.05, 0) is 46.0 Å². The summed E-state index contributed by atoms with van der Waals surface area (Å²) in [6.07, 6.45) is 1.67. The van der Waals surface area contributed by atoms with Crippen molar-refractivity contribution in [2.75, 3.05) is 13.2 Å². The molecule has 1 saturated heterocycles. The summed E-state index contributed by atoms with van der Waals surface area (Å²) < 4.78 is 5.21. The zero-order chi connectivity index (χ0) is 14.6. The van der Waals surface area contributed by atoms with E-state index in [2.05, 4.69) is 0 Å². The van der Waals surface area contributed by atoms with Crippen LogP contribution in [0.2, 0.25) is 0 Å². The van der Waals surface area contributed by atoms with E-state index in [4.69, 9.17) is 9.84 Å². The fourth-order valence-corrected chi connectivity index (χ4v) is 2.08. The quantitative estimate of drug-likeness (QED) is 0.851. The van der Waals surface area contributed by atoms with Gasteiger partial charge in [-0.3, -0.25) is 4.79 Å². The predicted octanol–water partition coefficient (Wildman–Crippen LogP) is 2.18. The summed E-state index contributed by atoms with van der Waals surface area (Å²) in [5.74, 6) is -0.0516. The van der Waals surface area contributed by atoms with Crippen molar-refractivity contribution in [1.82, 2.24) is 4.90 Å². The minimum Gasteiger partial charge on any atom is -0.443 e. The van der Waals surface area contributed by atoms with Gasteiger partial charge in [0.2, 0.25) is 5.91 Å². The summed E-state index contributed by atoms with van der Waals surface area (Å²) in [5.41, 5.74) is -0.582. The van der Waals surface area contributed by atoms with Crippen LogP contribution in [0, 0.1) is 11.8 Å². The van der Waals surface area contributed by atoms with Gasteiger partial charge in [0, 0.05) is 19.1 Å². The van der Waals surface area contributed by atoms with Crippen LogP contribution in [0.25, 0.3) is 0 Å². The van der Waals surface area contributed by atoms with Crippen molar-refractivity contribution in [1.29, 1.82) is 0 Å². The molecule has 5 nitrogen and oxygen atoms in total. The van der Waals surface area contributed by atoms with Crippen molar-refractivity contribution < 1.29 is 19.4 Å². The number of nitrogens with zero attached hydrogens (tertiary/aromatic N) is 1. The lowest BCUT2D eigenvalue weighted by Gasteiger charge is -2.23. The lowest BCUT2D eigenvalue weighted by Crippen LogP contribution is -2.38. The zero-order valence-corrected chi connectivity index (χ0v) is 12.3. The van der Waals surface area contributed by atoms with Crippen LogP contribution in [0.5, 0.6) is 0 Å². The smallest absolute Gasteiger partial charge is 0.417 e. The molecule has 2 unspecified atom stereocenters. The fourth-order valence-electron chi connectivity index (χ4n) is 2.08. The van der Waals surface area contributed by atoms with Gasteiger partial charge in [0.15, 0.2) is 0 Å². The molecule has 0 aromatic carbocycles. The van der Waals surface area contributed by atoms with Crippen LogP contribution >= 0.6 is 0 Å². The second kappa shape index (κ2) is 6.37. The number of aliphatic hydroxyl groups is 1. The molecule has 0 bridgehead atoms. The first-order chi connectivity index (χ1) is 8.74. The van der Waals surface area contributed by atoms with Crippen molar-refractivity contribution in [3.05, 3.63) is 0 Å². The third-order valence-electron chi connectivity index (χ3n) is 3.25. The van der Waals surface area contributed by atoms with Gasteiger partial charge in [-0.15, -0.1) is 0 Å². The van der Waals surface area contributed by atoms with E-state index in [9.17, 15) is 9.59 Å². The molecule has 1 fully saturated rings. The Morgan fingerprint density at radius 1 is 1.53 bits per heavy atom. The Hall–Kier alpha value is -1.10. The molecule has 0 aliphatic carbocycles. The minimum absolute atomic E-state index is 0.110. The molecule has 1 heterocycles. The van der Waals surface area contributed by atoms with Crippen molar-refractivity contribution in [3.63, 3.8) is 0 Å². The Morgan fingerprint density at radius 2 is 2.16 bits per heavy atom. The maximum absolute atomic E-state index is 12.1. The van der Waals surface area contributed by atoms with Gasteiger partial charge in [-0.1, -0.05) is 6.92 Å². The van der Waals surface area contributed by atoms with Gasteiger partial charge in [-0.25, -0.2) is 9.69 Å². The number of carbonyl (C=O) groups is 2. The highest BCUT2D eigenvalue weighted by Crippen LogP contribution is 2.26. The Kier molecular flexibility index (Phi) is 5.35. The maximum atomic E-state index is 12.1. The fraction of sp³-hybridized carbons (Fsp3) is 0.857. The van der Waals surface area contributed by atoms with Crippen molar-refractivity contribution in [3.8, 4) is 0 Å². The number of hydrogen-bond donors (Lipinski definition) is 1. The van der Waals surface area contributed by atoms with E-state index in [1.807, 2.05) is 6.92 Å². The summed E-state index contributed by atoms with van der Waals surface area (Å²) in [4.78, 5) is 25.2. The van der Waals surface area contributed by atoms with E-state index in [1.54, 1.807) is 20.8 Å². The highest BCUT2D eigenvalue weighted by atomic mass is 16.6. The second-order valence-corrected chi connectivity index (χ2v) is 6.32. The van der Waals surface area contributed by atoms with Crippen LogP contribution in [-0.2, 0) is 9.53 Å². The minimum atomic E-state index is -0.582. The molecule has 5 heteroatoms. The number of ether oxygens (including phenoxy) is 1. The van der Waals surface area contributed by atoms with E-state index >= 15 is 0 Å². The lowest BCUT2D eigenvalue weighted by molar-refractivity contribution is -0.130. The average Bonchev–Trinajstić information content (AvgIpc) is 2.65. The normalized spacial score (nSPS) is 21.6. The summed E-state index contributed by atoms with van der Waals surface area (Å²) in [6.45, 7) is 7.87. The van der Waals surface area contributed by atoms with Crippen LogP contribution in [0.1, 0.15) is 47.0 Å². The number of aliphatic hydroxyl groups excluding tert-OH is 1. The van der Waals surface area contributed by atoms with Gasteiger partial charge >= 0.3 is 6.09 Å². The molecular weight excluding hydrogens is 246 g/mol. The molecule has 2 amide bonds. The van der Waals surface area contributed by atoms with Crippen LogP contribution in [-0.4, -0.2) is 40.8 Å². The van der Waals surface area contributed by atoms with E-state index in [-0.39, 0.29) is 24.3 Å². The second-order valence-electron chi connectivity index (χ2n) is 6.32. The highest BCUT2D eigenvalue weighted by molar-refractivity contribution is 5.95. The Balaban J connectivity index is 2.49. The lowest BCUT2D eigenvalue weighted by atomic mass is 9.96. The summed E-state index contributed by atoms with van der Waals surface area (Å²) >= 11 is 0. The number of carbonyl (C=O) groups excluding carboxylic acids is 2. The topological polar surface area (TPSA) is 66.8 Å². The Bertz CT molecular complexity index is 335. The molecule has 0 radical (unpaired) electrons. The van der Waals surface area contributed by atoms with Gasteiger partial charge in [0.1, 0.15) is 5.60 Å². The summed E-state index contributed by atoms with van der Waals surface area (Å²) in [7, 11) is 0. The number of likely N-dealkylation sites (tertiary alicyclic amines) is 1. The molecule has 1 aliphatic rings. The third kappa shape index (κ3) is 4.82. The van der Waals surface area contributed by atoms with Gasteiger partial charge < -0.3 is 9.84 Å². The largest absolute Gasteiger partial charge is 0.443 e. The molecule has 19 heavy (non-hydrogen) atoms. The summed E-state index contributed by atoms with van der Waals surface area (Å²) in [6, 6.07) is 0. The molecule has 2 atom stereocenters. The molecule has 1 aliphatic heterocycles. The molecule has 110 valence electrons. The van der Waals surface area contributed by atoms with E-state index in [1.165, 1.54) is 4.90 Å². The van der Waals surface area contributed by atoms with Crippen LogP contribution in [0.3, 0.4) is 0 Å². The predicted molar refractivity (Wildman–Crippen MR) is 71.5 cm³/mol. The highest BCUT2D eigenvalue weighted by Gasteiger charge is 2.37. The number of hydrogen-bond acceptors (Lipinski definition) is 4. The van der Waals surface area contributed by atoms with Crippen LogP contribution in [0.15, 0.2) is 0 Å². The maximum Gasteiger partial charge on any atom is 0.417 e. The summed E-state index contributed by atoms with van der Waals surface area (Å²) in [5, 5.41) is 8.97. The molecular formula is C14H25NO4. The van der Waals surface area contributed by atoms with E-state index in [0.29, 0.717) is 13.0 Å². The van der Waals surface area contributed by atoms with Crippen LogP contribution in [0.4, 0.5) is 4.79 Å².